The van der Waals surface area contributed by atoms with Gasteiger partial charge >= 0.3 is 5.97 Å². The second-order valence-electron chi connectivity index (χ2n) is 5.39. The van der Waals surface area contributed by atoms with Gasteiger partial charge in [-0.3, -0.25) is 9.36 Å². The van der Waals surface area contributed by atoms with Crippen LogP contribution in [0.5, 0.6) is 5.75 Å². The van der Waals surface area contributed by atoms with Crippen molar-refractivity contribution in [1.82, 2.24) is 4.57 Å². The molecule has 0 spiro atoms. The predicted octanol–water partition coefficient (Wildman–Crippen LogP) is 3.67. The molecule has 6 heteroatoms. The number of hydrogen-bond donors (Lipinski definition) is 0. The van der Waals surface area contributed by atoms with E-state index in [1.54, 1.807) is 48.1 Å². The quantitative estimate of drug-likeness (QED) is 0.413. The summed E-state index contributed by atoms with van der Waals surface area (Å²) in [4.78, 5) is 23.8. The average molecular weight is 334 g/mol. The van der Waals surface area contributed by atoms with E-state index in [0.29, 0.717) is 11.3 Å². The molecule has 0 aliphatic heterocycles. The summed E-state index contributed by atoms with van der Waals surface area (Å²) in [6.45, 7) is 3.06. The van der Waals surface area contributed by atoms with Gasteiger partial charge in [0.1, 0.15) is 28.7 Å². The van der Waals surface area contributed by atoms with E-state index in [2.05, 4.69) is 0 Å². The molecule has 25 heavy (non-hydrogen) atoms. The number of aromatic nitrogens is 1. The van der Waals surface area contributed by atoms with E-state index < -0.39 is 5.97 Å². The standard InChI is InChI=1S/C19H14N2O4/c1-12(22)14-5-7-15(8-6-14)25-19(23)17-13(2)24-18(16(17)11-20)21-9-3-4-10-21/h3-10H,1-2H3. The Balaban J connectivity index is 1.92. The third-order valence-electron chi connectivity index (χ3n) is 3.69. The fraction of sp³-hybridized carbons (Fsp3) is 0.105. The van der Waals surface area contributed by atoms with Crippen LogP contribution in [0, 0.1) is 18.3 Å². The number of nitriles is 1. The third kappa shape index (κ3) is 3.08. The number of Topliss-reactive ketones (excluding diaryl/α,β-unsaturated/α-hetero) is 1. The van der Waals surface area contributed by atoms with Crippen LogP contribution in [0.4, 0.5) is 0 Å². The first-order valence-electron chi connectivity index (χ1n) is 7.51. The zero-order valence-corrected chi connectivity index (χ0v) is 13.6. The lowest BCUT2D eigenvalue weighted by Crippen LogP contribution is -2.11. The number of esters is 1. The van der Waals surface area contributed by atoms with Gasteiger partial charge in [-0.25, -0.2) is 4.79 Å². The van der Waals surface area contributed by atoms with E-state index >= 15 is 0 Å². The molecule has 3 aromatic rings. The molecule has 0 fully saturated rings. The third-order valence-corrected chi connectivity index (χ3v) is 3.69. The van der Waals surface area contributed by atoms with Gasteiger partial charge < -0.3 is 9.15 Å². The number of ether oxygens (including phenoxy) is 1. The number of benzene rings is 1. The van der Waals surface area contributed by atoms with Crippen molar-refractivity contribution in [2.75, 3.05) is 0 Å². The molecule has 2 heterocycles. The highest BCUT2D eigenvalue weighted by Crippen LogP contribution is 2.27. The first-order chi connectivity index (χ1) is 12.0. The van der Waals surface area contributed by atoms with Gasteiger partial charge in [0.25, 0.3) is 0 Å². The monoisotopic (exact) mass is 334 g/mol. The fourth-order valence-corrected chi connectivity index (χ4v) is 2.45. The lowest BCUT2D eigenvalue weighted by Gasteiger charge is -2.04. The van der Waals surface area contributed by atoms with Crippen LogP contribution >= 0.6 is 0 Å². The minimum absolute atomic E-state index is 0.0771. The first kappa shape index (κ1) is 16.3. The zero-order valence-electron chi connectivity index (χ0n) is 13.6. The molecule has 6 nitrogen and oxygen atoms in total. The molecule has 0 N–H and O–H groups in total. The molecule has 2 aromatic heterocycles. The molecule has 3 rings (SSSR count). The van der Waals surface area contributed by atoms with E-state index in [1.807, 2.05) is 6.07 Å². The number of furan rings is 1. The Morgan fingerprint density at radius 3 is 2.36 bits per heavy atom. The summed E-state index contributed by atoms with van der Waals surface area (Å²) in [6.07, 6.45) is 3.43. The largest absolute Gasteiger partial charge is 0.443 e. The Morgan fingerprint density at radius 1 is 1.16 bits per heavy atom. The summed E-state index contributed by atoms with van der Waals surface area (Å²) in [6, 6.07) is 11.8. The van der Waals surface area contributed by atoms with Crippen molar-refractivity contribution < 1.29 is 18.7 Å². The van der Waals surface area contributed by atoms with Crippen molar-refractivity contribution in [1.29, 1.82) is 5.26 Å². The smallest absolute Gasteiger partial charge is 0.348 e. The average Bonchev–Trinajstić information content (AvgIpc) is 3.22. The maximum atomic E-state index is 12.5. The number of carbonyl (C=O) groups excluding carboxylic acids is 2. The zero-order chi connectivity index (χ0) is 18.0. The molecular weight excluding hydrogens is 320 g/mol. The maximum Gasteiger partial charge on any atom is 0.348 e. The van der Waals surface area contributed by atoms with Crippen molar-refractivity contribution in [2.45, 2.75) is 13.8 Å². The molecule has 0 radical (unpaired) electrons. The van der Waals surface area contributed by atoms with Crippen LogP contribution in [0.2, 0.25) is 0 Å². The van der Waals surface area contributed by atoms with Gasteiger partial charge in [0.2, 0.25) is 5.88 Å². The number of hydrogen-bond acceptors (Lipinski definition) is 5. The number of carbonyl (C=O) groups is 2. The molecule has 0 bridgehead atoms. The second kappa shape index (κ2) is 6.49. The summed E-state index contributed by atoms with van der Waals surface area (Å²) < 4.78 is 12.5. The van der Waals surface area contributed by atoms with Gasteiger partial charge in [-0.1, -0.05) is 0 Å². The van der Waals surface area contributed by atoms with E-state index in [9.17, 15) is 14.9 Å². The number of rotatable bonds is 4. The van der Waals surface area contributed by atoms with Gasteiger partial charge in [0.15, 0.2) is 5.78 Å². The first-order valence-corrected chi connectivity index (χ1v) is 7.51. The Morgan fingerprint density at radius 2 is 1.80 bits per heavy atom. The molecule has 0 aliphatic rings. The molecule has 1 aromatic carbocycles. The van der Waals surface area contributed by atoms with Crippen LogP contribution in [0.15, 0.2) is 53.2 Å². The number of nitrogens with zero attached hydrogens (tertiary/aromatic N) is 2. The van der Waals surface area contributed by atoms with Crippen LogP contribution < -0.4 is 4.74 Å². The summed E-state index contributed by atoms with van der Waals surface area (Å²) in [5, 5.41) is 9.46. The Labute approximate surface area is 143 Å². The molecular formula is C19H14N2O4. The van der Waals surface area contributed by atoms with Crippen LogP contribution in [0.3, 0.4) is 0 Å². The van der Waals surface area contributed by atoms with Gasteiger partial charge in [0, 0.05) is 18.0 Å². The van der Waals surface area contributed by atoms with Crippen molar-refractivity contribution in [3.05, 3.63) is 71.2 Å². The van der Waals surface area contributed by atoms with Gasteiger partial charge in [-0.2, -0.15) is 5.26 Å². The maximum absolute atomic E-state index is 12.5. The molecule has 0 saturated carbocycles. The predicted molar refractivity (Wildman–Crippen MR) is 88.9 cm³/mol. The van der Waals surface area contributed by atoms with Gasteiger partial charge in [0.05, 0.1) is 0 Å². The Bertz CT molecular complexity index is 974. The van der Waals surface area contributed by atoms with Crippen molar-refractivity contribution in [3.63, 3.8) is 0 Å². The summed E-state index contributed by atoms with van der Waals surface area (Å²) >= 11 is 0. The lowest BCUT2D eigenvalue weighted by atomic mass is 10.1. The number of ketones is 1. The van der Waals surface area contributed by atoms with Gasteiger partial charge in [-0.05, 0) is 50.2 Å². The Kier molecular flexibility index (Phi) is 4.23. The van der Waals surface area contributed by atoms with Crippen molar-refractivity contribution in [3.8, 4) is 17.7 Å². The highest BCUT2D eigenvalue weighted by molar-refractivity contribution is 5.96. The SMILES string of the molecule is CC(=O)c1ccc(OC(=O)c2c(C)oc(-n3cccc3)c2C#N)cc1. The second-order valence-corrected chi connectivity index (χ2v) is 5.39. The molecule has 0 unspecified atom stereocenters. The van der Waals surface area contributed by atoms with E-state index in [1.165, 1.54) is 19.1 Å². The highest BCUT2D eigenvalue weighted by Gasteiger charge is 2.26. The van der Waals surface area contributed by atoms with Crippen molar-refractivity contribution in [2.24, 2.45) is 0 Å². The topological polar surface area (TPSA) is 85.2 Å². The van der Waals surface area contributed by atoms with Crippen LogP contribution in [-0.2, 0) is 0 Å². The normalized spacial score (nSPS) is 10.3. The van der Waals surface area contributed by atoms with E-state index in [-0.39, 0.29) is 28.5 Å². The van der Waals surface area contributed by atoms with E-state index in [0.717, 1.165) is 0 Å². The van der Waals surface area contributed by atoms with Gasteiger partial charge in [-0.15, -0.1) is 0 Å². The van der Waals surface area contributed by atoms with Crippen molar-refractivity contribution >= 4 is 11.8 Å². The molecule has 0 amide bonds. The molecule has 0 aliphatic carbocycles. The lowest BCUT2D eigenvalue weighted by molar-refractivity contribution is 0.0732. The highest BCUT2D eigenvalue weighted by atomic mass is 16.5. The molecule has 0 saturated heterocycles. The minimum atomic E-state index is -0.688. The van der Waals surface area contributed by atoms with Crippen LogP contribution in [0.1, 0.15) is 39.0 Å². The summed E-state index contributed by atoms with van der Waals surface area (Å²) in [5.74, 6) is 0.0787. The molecule has 0 atom stereocenters. The Hall–Kier alpha value is -3.59. The summed E-state index contributed by atoms with van der Waals surface area (Å²) in [7, 11) is 0. The van der Waals surface area contributed by atoms with Crippen LogP contribution in [0.25, 0.3) is 5.88 Å². The minimum Gasteiger partial charge on any atom is -0.443 e. The fourth-order valence-electron chi connectivity index (χ4n) is 2.45. The number of aryl methyl sites for hydroxylation is 1. The summed E-state index contributed by atoms with van der Waals surface area (Å²) in [5.41, 5.74) is 0.716. The molecule has 124 valence electrons. The van der Waals surface area contributed by atoms with E-state index in [4.69, 9.17) is 9.15 Å². The van der Waals surface area contributed by atoms with Crippen LogP contribution in [-0.4, -0.2) is 16.3 Å².